The summed E-state index contributed by atoms with van der Waals surface area (Å²) in [6.45, 7) is 9.90. The zero-order valence-electron chi connectivity index (χ0n) is 43.2. The molecule has 1 atom stereocenters. The second-order valence-corrected chi connectivity index (χ2v) is 24.0. The zero-order chi connectivity index (χ0) is 52.9. The van der Waals surface area contributed by atoms with Crippen molar-refractivity contribution in [3.63, 3.8) is 0 Å². The first kappa shape index (κ1) is 61.8. The molecular weight excluding hydrogens is 1040 g/mol. The monoisotopic (exact) mass is 1100 g/mol. The maximum atomic E-state index is 12.3. The van der Waals surface area contributed by atoms with E-state index in [0.29, 0.717) is 57.6 Å². The van der Waals surface area contributed by atoms with Gasteiger partial charge in [0.05, 0.1) is 38.7 Å². The number of allylic oxidation sites excluding steroid dienone is 8. The Balaban J connectivity index is 0.00000520. The van der Waals surface area contributed by atoms with Crippen molar-refractivity contribution in [3.05, 3.63) is 126 Å². The van der Waals surface area contributed by atoms with Crippen molar-refractivity contribution in [2.24, 2.45) is 0 Å². The maximum absolute atomic E-state index is 12.3. The molecular formula is C53H59N3Na2O14S3. The van der Waals surface area contributed by atoms with Crippen molar-refractivity contribution < 1.29 is 127 Å². The maximum Gasteiger partial charge on any atom is 1.00 e. The topological polar surface area (TPSA) is 251 Å². The molecule has 17 nitrogen and oxygen atoms in total. The van der Waals surface area contributed by atoms with Crippen LogP contribution in [0.4, 0.5) is 11.4 Å². The van der Waals surface area contributed by atoms with Crippen molar-refractivity contribution in [1.29, 1.82) is 0 Å². The van der Waals surface area contributed by atoms with Crippen LogP contribution in [0.2, 0.25) is 0 Å². The Kier molecular flexibility index (Phi) is 21.1. The van der Waals surface area contributed by atoms with E-state index in [1.165, 1.54) is 5.56 Å². The van der Waals surface area contributed by atoms with Crippen molar-refractivity contribution in [2.45, 2.75) is 102 Å². The van der Waals surface area contributed by atoms with Crippen LogP contribution in [0.1, 0.15) is 96.6 Å². The second kappa shape index (κ2) is 25.6. The average Bonchev–Trinajstić information content (AvgIpc) is 3.81. The summed E-state index contributed by atoms with van der Waals surface area (Å²) in [5.41, 5.74) is 5.30. The van der Waals surface area contributed by atoms with Crippen LogP contribution in [0.25, 0.3) is 21.5 Å². The number of benzene rings is 4. The molecule has 0 spiro atoms. The molecule has 0 N–H and O–H groups in total. The van der Waals surface area contributed by atoms with Gasteiger partial charge in [0, 0.05) is 65.4 Å². The van der Waals surface area contributed by atoms with Crippen LogP contribution < -0.4 is 68.8 Å². The van der Waals surface area contributed by atoms with Gasteiger partial charge in [-0.1, -0.05) is 80.6 Å². The summed E-state index contributed by atoms with van der Waals surface area (Å²) in [5, 5.41) is 2.13. The largest absolute Gasteiger partial charge is 1.00 e. The number of amides is 2. The number of hydrogen-bond acceptors (Lipinski definition) is 15. The van der Waals surface area contributed by atoms with E-state index < -0.39 is 76.7 Å². The molecule has 2 amide bonds. The van der Waals surface area contributed by atoms with Crippen molar-refractivity contribution >= 4 is 86.8 Å². The van der Waals surface area contributed by atoms with E-state index in [9.17, 15) is 53.3 Å². The molecule has 3 aliphatic heterocycles. The molecule has 0 bridgehead atoms. The minimum Gasteiger partial charge on any atom is -0.748 e. The van der Waals surface area contributed by atoms with Crippen LogP contribution in [-0.2, 0) is 60.4 Å². The molecule has 3 heterocycles. The predicted octanol–water partition coefficient (Wildman–Crippen LogP) is 1.45. The molecule has 75 heavy (non-hydrogen) atoms. The standard InChI is InChI=1S/C53H61N3O14S3.2Na/c1-52(2)45(54(30-14-17-33-71(60,61)62)42-28-25-37-19-12-13-20-40(37)49(42)52)21-9-6-5-7-10-22-46-53(3,4)50-41-35-39(27-24-38(41)26-29-43(50)55(46)31-15-18-34-72(63,64)65)69-32-16-8-11-23-48(58)70-56-47(57)36-44(51(56)59)73(66,67)68;;/h5-7,9-10,12-13,19-22,24-29,35,44H,8,11,14-18,23,30-34,36H2,1-4H3,(H2-,60,61,62,63,64,65,66,67,68);;/q;2*+1/p-2. The average molecular weight is 1100 g/mol. The number of carbonyl (C=O) groups excluding carboxylic acids is 3. The Labute approximate surface area is 483 Å². The normalized spacial score (nSPS) is 18.0. The van der Waals surface area contributed by atoms with Crippen LogP contribution in [0, 0.1) is 0 Å². The summed E-state index contributed by atoms with van der Waals surface area (Å²) in [6, 6.07) is 22.3. The summed E-state index contributed by atoms with van der Waals surface area (Å²) in [5.74, 6) is -3.63. The Morgan fingerprint density at radius 1 is 0.720 bits per heavy atom. The number of rotatable bonds is 23. The minimum absolute atomic E-state index is 0. The molecule has 0 aliphatic carbocycles. The van der Waals surface area contributed by atoms with Gasteiger partial charge in [0.1, 0.15) is 27.7 Å². The second-order valence-electron chi connectivity index (χ2n) is 19.4. The number of ether oxygens (including phenoxy) is 1. The van der Waals surface area contributed by atoms with Gasteiger partial charge >= 0.3 is 65.1 Å². The third-order valence-electron chi connectivity index (χ3n) is 13.5. The van der Waals surface area contributed by atoms with E-state index in [-0.39, 0.29) is 88.9 Å². The van der Waals surface area contributed by atoms with Gasteiger partial charge in [-0.05, 0) is 110 Å². The zero-order valence-corrected chi connectivity index (χ0v) is 49.6. The number of hydrogen-bond donors (Lipinski definition) is 0. The Morgan fingerprint density at radius 3 is 2.05 bits per heavy atom. The summed E-state index contributed by atoms with van der Waals surface area (Å²) in [7, 11) is -13.8. The summed E-state index contributed by atoms with van der Waals surface area (Å²) < 4.78 is 111. The quantitative estimate of drug-likeness (QED) is 0.0255. The number of unbranched alkanes of at least 4 members (excludes halogenated alkanes) is 4. The van der Waals surface area contributed by atoms with Gasteiger partial charge in [-0.15, -0.1) is 5.06 Å². The Morgan fingerprint density at radius 2 is 1.36 bits per heavy atom. The molecule has 3 aliphatic rings. The number of nitrogens with zero attached hydrogens (tertiary/aromatic N) is 3. The SMILES string of the molecule is CC1(C)C(/C=C/C=C/C=C/C=C2/N(CCCCS(=O)(=O)[O-])c3ccc4ccccc4c3C2(C)C)=[N+](CCCCS(=O)(=O)[O-])c2ccc3ccc(OCCCCCC(=O)ON4C(=O)CC(S(=O)(=O)[O-])C4=O)cc3c21.[Na+].[Na+]. The number of imide groups is 1. The first-order chi connectivity index (χ1) is 34.4. The number of fused-ring (bicyclic) bond motifs is 6. The van der Waals surface area contributed by atoms with Gasteiger partial charge in [-0.3, -0.25) is 9.59 Å². The summed E-state index contributed by atoms with van der Waals surface area (Å²) in [6.07, 6.45) is 15.6. The Bertz CT molecular complexity index is 3330. The fourth-order valence-electron chi connectivity index (χ4n) is 10.0. The molecule has 4 aromatic carbocycles. The van der Waals surface area contributed by atoms with Crippen molar-refractivity contribution in [2.75, 3.05) is 36.1 Å². The molecule has 390 valence electrons. The number of carbonyl (C=O) groups is 3. The third-order valence-corrected chi connectivity index (χ3v) is 16.1. The fourth-order valence-corrected chi connectivity index (χ4v) is 11.8. The fraction of sp³-hybridized carbons (Fsp3) is 0.396. The molecule has 7 rings (SSSR count). The van der Waals surface area contributed by atoms with E-state index in [4.69, 9.17) is 9.57 Å². The summed E-state index contributed by atoms with van der Waals surface area (Å²) >= 11 is 0. The number of anilines is 1. The Hall–Kier alpha value is -4.03. The van der Waals surface area contributed by atoms with Crippen molar-refractivity contribution in [1.82, 2.24) is 5.06 Å². The summed E-state index contributed by atoms with van der Waals surface area (Å²) in [4.78, 5) is 43.5. The third kappa shape index (κ3) is 15.0. The van der Waals surface area contributed by atoms with Crippen molar-refractivity contribution in [3.8, 4) is 5.75 Å². The molecule has 1 fully saturated rings. The molecule has 1 unspecified atom stereocenters. The molecule has 22 heteroatoms. The predicted molar refractivity (Wildman–Crippen MR) is 274 cm³/mol. The van der Waals surface area contributed by atoms with Crippen LogP contribution in [0.5, 0.6) is 5.75 Å². The molecule has 0 radical (unpaired) electrons. The minimum atomic E-state index is -5.08. The van der Waals surface area contributed by atoms with Gasteiger partial charge in [0.15, 0.2) is 5.71 Å². The first-order valence-electron chi connectivity index (χ1n) is 24.1. The van der Waals surface area contributed by atoms with E-state index >= 15 is 0 Å². The van der Waals surface area contributed by atoms with Gasteiger partial charge < -0.3 is 28.1 Å². The van der Waals surface area contributed by atoms with Crippen LogP contribution in [0.15, 0.2) is 115 Å². The number of hydroxylamine groups is 2. The van der Waals surface area contributed by atoms with Gasteiger partial charge in [-0.2, -0.15) is 4.58 Å². The smallest absolute Gasteiger partial charge is 0.748 e. The van der Waals surface area contributed by atoms with Gasteiger partial charge in [0.2, 0.25) is 5.69 Å². The molecule has 1 saturated heterocycles. The van der Waals surface area contributed by atoms with E-state index in [0.717, 1.165) is 49.9 Å². The molecule has 0 saturated carbocycles. The van der Waals surface area contributed by atoms with Crippen LogP contribution >= 0.6 is 0 Å². The molecule has 0 aromatic heterocycles. The van der Waals surface area contributed by atoms with Gasteiger partial charge in [-0.25, -0.2) is 30.0 Å². The van der Waals surface area contributed by atoms with Crippen LogP contribution in [-0.4, -0.2) is 108 Å². The van der Waals surface area contributed by atoms with Crippen LogP contribution in [0.3, 0.4) is 0 Å². The van der Waals surface area contributed by atoms with E-state index in [1.807, 2.05) is 78.9 Å². The van der Waals surface area contributed by atoms with E-state index in [2.05, 4.69) is 67.5 Å². The molecule has 4 aromatic rings. The van der Waals surface area contributed by atoms with E-state index in [1.54, 1.807) is 0 Å². The first-order valence-corrected chi connectivity index (χ1v) is 28.8. The van der Waals surface area contributed by atoms with Gasteiger partial charge in [0.25, 0.3) is 11.8 Å².